The highest BCUT2D eigenvalue weighted by Crippen LogP contribution is 2.37. The van der Waals surface area contributed by atoms with Crippen LogP contribution in [0.4, 0.5) is 0 Å². The molecule has 96 valence electrons. The van der Waals surface area contributed by atoms with E-state index in [-0.39, 0.29) is 6.10 Å². The molecule has 2 aromatic rings. The maximum Gasteiger partial charge on any atom is 0.0732 e. The van der Waals surface area contributed by atoms with E-state index in [4.69, 9.17) is 0 Å². The summed E-state index contributed by atoms with van der Waals surface area (Å²) >= 11 is 0. The molecule has 0 saturated heterocycles. The number of allylic oxidation sites excluding steroid dienone is 1. The van der Waals surface area contributed by atoms with Crippen molar-refractivity contribution in [2.75, 3.05) is 0 Å². The molecule has 0 aliphatic heterocycles. The molecule has 0 bridgehead atoms. The van der Waals surface area contributed by atoms with Gasteiger partial charge in [0.05, 0.1) is 6.10 Å². The molecule has 1 N–H and O–H groups in total. The van der Waals surface area contributed by atoms with E-state index in [0.29, 0.717) is 5.92 Å². The molecule has 1 aliphatic carbocycles. The van der Waals surface area contributed by atoms with Gasteiger partial charge in [0.25, 0.3) is 0 Å². The van der Waals surface area contributed by atoms with Gasteiger partial charge in [0.2, 0.25) is 0 Å². The Morgan fingerprint density at radius 2 is 1.47 bits per heavy atom. The summed E-state index contributed by atoms with van der Waals surface area (Å²) in [6.07, 6.45) is 3.49. The second kappa shape index (κ2) is 5.41. The summed E-state index contributed by atoms with van der Waals surface area (Å²) < 4.78 is 0. The quantitative estimate of drug-likeness (QED) is 0.854. The van der Waals surface area contributed by atoms with Crippen molar-refractivity contribution in [2.45, 2.75) is 24.9 Å². The normalized spacial score (nSPS) is 22.9. The van der Waals surface area contributed by atoms with E-state index >= 15 is 0 Å². The van der Waals surface area contributed by atoms with Crippen molar-refractivity contribution in [3.63, 3.8) is 0 Å². The summed E-state index contributed by atoms with van der Waals surface area (Å²) in [4.78, 5) is 0. The Morgan fingerprint density at radius 3 is 2.16 bits per heavy atom. The Labute approximate surface area is 114 Å². The van der Waals surface area contributed by atoms with Crippen molar-refractivity contribution in [1.29, 1.82) is 0 Å². The lowest BCUT2D eigenvalue weighted by molar-refractivity contribution is 0.197. The first-order valence-electron chi connectivity index (χ1n) is 6.82. The molecule has 1 heteroatoms. The van der Waals surface area contributed by atoms with Crippen LogP contribution in [0.2, 0.25) is 0 Å². The highest BCUT2D eigenvalue weighted by atomic mass is 16.3. The van der Waals surface area contributed by atoms with Crippen LogP contribution in [0.25, 0.3) is 5.57 Å². The van der Waals surface area contributed by atoms with Crippen LogP contribution in [0.15, 0.2) is 66.7 Å². The van der Waals surface area contributed by atoms with Gasteiger partial charge in [-0.2, -0.15) is 0 Å². The van der Waals surface area contributed by atoms with Crippen molar-refractivity contribution in [2.24, 2.45) is 0 Å². The largest absolute Gasteiger partial charge is 0.389 e. The van der Waals surface area contributed by atoms with Crippen molar-refractivity contribution in [3.8, 4) is 0 Å². The molecule has 0 saturated carbocycles. The molecule has 2 unspecified atom stereocenters. The van der Waals surface area contributed by atoms with Gasteiger partial charge in [-0.15, -0.1) is 0 Å². The fourth-order valence-electron chi connectivity index (χ4n) is 2.85. The van der Waals surface area contributed by atoms with Crippen LogP contribution < -0.4 is 0 Å². The number of benzene rings is 2. The Hall–Kier alpha value is -1.86. The van der Waals surface area contributed by atoms with Crippen molar-refractivity contribution in [1.82, 2.24) is 0 Å². The number of aliphatic hydroxyl groups excluding tert-OH is 1. The Bertz CT molecular complexity index is 557. The van der Waals surface area contributed by atoms with E-state index in [9.17, 15) is 5.11 Å². The van der Waals surface area contributed by atoms with E-state index < -0.39 is 0 Å². The smallest absolute Gasteiger partial charge is 0.0732 e. The lowest BCUT2D eigenvalue weighted by atomic mass is 9.80. The van der Waals surface area contributed by atoms with Gasteiger partial charge in [-0.25, -0.2) is 0 Å². The van der Waals surface area contributed by atoms with Gasteiger partial charge in [-0.05, 0) is 35.5 Å². The molecule has 0 heterocycles. The van der Waals surface area contributed by atoms with E-state index in [1.54, 1.807) is 0 Å². The third kappa shape index (κ3) is 2.77. The van der Waals surface area contributed by atoms with Gasteiger partial charge in [0, 0.05) is 0 Å². The lowest BCUT2D eigenvalue weighted by Crippen LogP contribution is -2.16. The van der Waals surface area contributed by atoms with Crippen molar-refractivity contribution >= 4 is 5.57 Å². The molecule has 2 atom stereocenters. The second-order valence-electron chi connectivity index (χ2n) is 5.17. The first-order chi connectivity index (χ1) is 9.33. The molecule has 19 heavy (non-hydrogen) atoms. The molecule has 0 radical (unpaired) electrons. The molecular weight excluding hydrogens is 232 g/mol. The van der Waals surface area contributed by atoms with Crippen LogP contribution in [0, 0.1) is 0 Å². The van der Waals surface area contributed by atoms with E-state index in [1.165, 1.54) is 16.7 Å². The minimum Gasteiger partial charge on any atom is -0.389 e. The molecule has 1 nitrogen and oxygen atoms in total. The molecule has 3 rings (SSSR count). The van der Waals surface area contributed by atoms with Crippen molar-refractivity contribution in [3.05, 3.63) is 77.9 Å². The van der Waals surface area contributed by atoms with Gasteiger partial charge in [-0.3, -0.25) is 0 Å². The lowest BCUT2D eigenvalue weighted by Gasteiger charge is -2.26. The van der Waals surface area contributed by atoms with E-state index in [0.717, 1.165) is 12.8 Å². The predicted molar refractivity (Wildman–Crippen MR) is 78.8 cm³/mol. The van der Waals surface area contributed by atoms with Crippen LogP contribution in [-0.2, 0) is 0 Å². The van der Waals surface area contributed by atoms with Crippen LogP contribution >= 0.6 is 0 Å². The Morgan fingerprint density at radius 1 is 0.842 bits per heavy atom. The van der Waals surface area contributed by atoms with Gasteiger partial charge >= 0.3 is 0 Å². The van der Waals surface area contributed by atoms with E-state index in [1.807, 2.05) is 18.2 Å². The molecule has 0 fully saturated rings. The standard InChI is InChI=1S/C18H18O/c19-18-12-16(14-7-3-1-4-8-14)11-17(13-18)15-9-5-2-6-10-15/h1-10,12,17-19H,11,13H2. The average Bonchev–Trinajstić information content (AvgIpc) is 2.48. The van der Waals surface area contributed by atoms with Gasteiger partial charge in [-0.1, -0.05) is 66.7 Å². The number of hydrogen-bond acceptors (Lipinski definition) is 1. The summed E-state index contributed by atoms with van der Waals surface area (Å²) in [5, 5.41) is 10.1. The summed E-state index contributed by atoms with van der Waals surface area (Å²) in [6, 6.07) is 20.9. The monoisotopic (exact) mass is 250 g/mol. The fourth-order valence-corrected chi connectivity index (χ4v) is 2.85. The summed E-state index contributed by atoms with van der Waals surface area (Å²) in [6.45, 7) is 0. The Balaban J connectivity index is 1.88. The number of rotatable bonds is 2. The zero-order valence-electron chi connectivity index (χ0n) is 10.9. The number of hydrogen-bond donors (Lipinski definition) is 1. The molecular formula is C18H18O. The van der Waals surface area contributed by atoms with Crippen LogP contribution in [0.5, 0.6) is 0 Å². The molecule has 2 aromatic carbocycles. The average molecular weight is 250 g/mol. The fraction of sp³-hybridized carbons (Fsp3) is 0.222. The van der Waals surface area contributed by atoms with E-state index in [2.05, 4.69) is 48.5 Å². The third-order valence-corrected chi connectivity index (χ3v) is 3.80. The molecule has 0 aromatic heterocycles. The van der Waals surface area contributed by atoms with Crippen LogP contribution in [0.3, 0.4) is 0 Å². The highest BCUT2D eigenvalue weighted by molar-refractivity contribution is 5.67. The topological polar surface area (TPSA) is 20.2 Å². The highest BCUT2D eigenvalue weighted by Gasteiger charge is 2.22. The van der Waals surface area contributed by atoms with Gasteiger partial charge in [0.1, 0.15) is 0 Å². The molecule has 0 amide bonds. The summed E-state index contributed by atoms with van der Waals surface area (Å²) in [7, 11) is 0. The first-order valence-corrected chi connectivity index (χ1v) is 6.82. The second-order valence-corrected chi connectivity index (χ2v) is 5.17. The maximum absolute atomic E-state index is 10.1. The molecule has 0 spiro atoms. The third-order valence-electron chi connectivity index (χ3n) is 3.80. The van der Waals surface area contributed by atoms with Gasteiger partial charge in [0.15, 0.2) is 0 Å². The van der Waals surface area contributed by atoms with Crippen LogP contribution in [-0.4, -0.2) is 11.2 Å². The van der Waals surface area contributed by atoms with Crippen molar-refractivity contribution < 1.29 is 5.11 Å². The SMILES string of the molecule is OC1C=C(c2ccccc2)CC(c2ccccc2)C1. The molecule has 1 aliphatic rings. The number of aliphatic hydroxyl groups is 1. The Kier molecular flexibility index (Phi) is 3.47. The van der Waals surface area contributed by atoms with Crippen LogP contribution in [0.1, 0.15) is 29.9 Å². The summed E-state index contributed by atoms with van der Waals surface area (Å²) in [5.41, 5.74) is 3.80. The zero-order valence-corrected chi connectivity index (χ0v) is 10.9. The van der Waals surface area contributed by atoms with Gasteiger partial charge < -0.3 is 5.11 Å². The zero-order chi connectivity index (χ0) is 13.1. The minimum absolute atomic E-state index is 0.339. The maximum atomic E-state index is 10.1. The first kappa shape index (κ1) is 12.2. The minimum atomic E-state index is -0.339. The predicted octanol–water partition coefficient (Wildman–Crippen LogP) is 4.01. The summed E-state index contributed by atoms with van der Waals surface area (Å²) in [5.74, 6) is 0.413.